The number of fused-ring (bicyclic) bond motifs is 4. The SMILES string of the molecule is CCc1cc2c(cc1N1CCC(N3CCN(C(=O)CCCC(=O)N[C@H](C(=O)N4C[C@H](O)C[C@H]4C(=O)NCc4ccc(-c5scnc5C)cc4)C(C)(C)C)CC3)CC1)C(C)(C)c1[nH]c3cc(C#N)ccc3c1C2=O. The highest BCUT2D eigenvalue weighted by molar-refractivity contribution is 7.13. The molecule has 0 saturated carbocycles. The highest BCUT2D eigenvalue weighted by Gasteiger charge is 2.45. The van der Waals surface area contributed by atoms with Crippen LogP contribution in [0.4, 0.5) is 5.69 Å². The summed E-state index contributed by atoms with van der Waals surface area (Å²) in [7, 11) is 0. The number of aryl methyl sites for hydroxylation is 2. The number of amides is 4. The number of aromatic nitrogens is 2. The Morgan fingerprint density at radius 3 is 2.37 bits per heavy atom. The first-order chi connectivity index (χ1) is 34.9. The minimum absolute atomic E-state index is 0.0111. The molecule has 3 aromatic carbocycles. The average molecular weight is 1010 g/mol. The Morgan fingerprint density at radius 2 is 1.71 bits per heavy atom. The number of carbonyl (C=O) groups is 5. The molecule has 5 aromatic rings. The van der Waals surface area contributed by atoms with E-state index >= 15 is 0 Å². The molecule has 9 rings (SSSR count). The lowest BCUT2D eigenvalue weighted by Crippen LogP contribution is -2.57. The molecule has 0 unspecified atom stereocenters. The fourth-order valence-electron chi connectivity index (χ4n) is 11.5. The van der Waals surface area contributed by atoms with Crippen molar-refractivity contribution in [1.82, 2.24) is 35.3 Å². The molecule has 73 heavy (non-hydrogen) atoms. The van der Waals surface area contributed by atoms with Gasteiger partial charge in [-0.15, -0.1) is 11.3 Å². The zero-order valence-corrected chi connectivity index (χ0v) is 44.1. The molecular weight excluding hydrogens is 939 g/mol. The minimum atomic E-state index is -0.945. The second kappa shape index (κ2) is 20.8. The van der Waals surface area contributed by atoms with E-state index in [0.29, 0.717) is 36.7 Å². The van der Waals surface area contributed by atoms with Gasteiger partial charge in [0.1, 0.15) is 12.1 Å². The summed E-state index contributed by atoms with van der Waals surface area (Å²) in [6.07, 6.45) is 2.66. The zero-order valence-electron chi connectivity index (χ0n) is 43.3. The highest BCUT2D eigenvalue weighted by atomic mass is 32.1. The summed E-state index contributed by atoms with van der Waals surface area (Å²) in [6.45, 7) is 18.9. The maximum absolute atomic E-state index is 14.2. The molecule has 3 fully saturated rings. The van der Waals surface area contributed by atoms with Crippen molar-refractivity contribution in [3.05, 3.63) is 105 Å². The Balaban J connectivity index is 0.732. The third-order valence-electron chi connectivity index (χ3n) is 15.8. The number of carbonyl (C=O) groups excluding carboxylic acids is 5. The van der Waals surface area contributed by atoms with Gasteiger partial charge in [0.2, 0.25) is 23.6 Å². The predicted octanol–water partition coefficient (Wildman–Crippen LogP) is 7.00. The van der Waals surface area contributed by atoms with Gasteiger partial charge in [0.15, 0.2) is 5.78 Å². The Labute approximate surface area is 432 Å². The van der Waals surface area contributed by atoms with Crippen molar-refractivity contribution < 1.29 is 29.1 Å². The number of thiazole rings is 1. The number of aliphatic hydroxyl groups is 1. The van der Waals surface area contributed by atoms with Crippen LogP contribution in [-0.2, 0) is 37.6 Å². The first-order valence-electron chi connectivity index (χ1n) is 26.0. The summed E-state index contributed by atoms with van der Waals surface area (Å²) in [4.78, 5) is 86.0. The van der Waals surface area contributed by atoms with Crippen LogP contribution in [-0.4, -0.2) is 129 Å². The number of ketones is 1. The summed E-state index contributed by atoms with van der Waals surface area (Å²) in [6, 6.07) is 18.5. The van der Waals surface area contributed by atoms with Crippen LogP contribution in [0.3, 0.4) is 0 Å². The van der Waals surface area contributed by atoms with Crippen LogP contribution in [0.25, 0.3) is 21.3 Å². The van der Waals surface area contributed by atoms with Gasteiger partial charge in [-0.3, -0.25) is 28.9 Å². The quantitative estimate of drug-likeness (QED) is 0.0955. The number of nitrogens with zero attached hydrogens (tertiary/aromatic N) is 6. The van der Waals surface area contributed by atoms with Gasteiger partial charge in [0, 0.05) is 111 Å². The molecule has 3 saturated heterocycles. The van der Waals surface area contributed by atoms with Crippen LogP contribution in [0.1, 0.15) is 130 Å². The van der Waals surface area contributed by atoms with Crippen LogP contribution < -0.4 is 15.5 Å². The Bertz CT molecular complexity index is 2970. The van der Waals surface area contributed by atoms with E-state index in [0.717, 1.165) is 94.9 Å². The van der Waals surface area contributed by atoms with E-state index in [1.807, 2.05) is 74.5 Å². The number of likely N-dealkylation sites (tertiary alicyclic amines) is 1. The molecule has 3 aliphatic heterocycles. The Hall–Kier alpha value is -6.41. The van der Waals surface area contributed by atoms with Gasteiger partial charge in [-0.1, -0.05) is 71.9 Å². The minimum Gasteiger partial charge on any atom is -0.391 e. The largest absolute Gasteiger partial charge is 0.391 e. The molecule has 0 radical (unpaired) electrons. The lowest BCUT2D eigenvalue weighted by atomic mass is 9.70. The summed E-state index contributed by atoms with van der Waals surface area (Å²) < 4.78 is 0. The fourth-order valence-corrected chi connectivity index (χ4v) is 12.3. The lowest BCUT2D eigenvalue weighted by Gasteiger charge is -2.44. The molecule has 5 heterocycles. The molecule has 1 aliphatic carbocycles. The van der Waals surface area contributed by atoms with Gasteiger partial charge in [-0.05, 0) is 84.5 Å². The number of benzene rings is 3. The molecule has 3 atom stereocenters. The Morgan fingerprint density at radius 1 is 0.986 bits per heavy atom. The van der Waals surface area contributed by atoms with Crippen LogP contribution in [0.5, 0.6) is 0 Å². The van der Waals surface area contributed by atoms with Gasteiger partial charge in [0.25, 0.3) is 0 Å². The number of nitriles is 1. The van der Waals surface area contributed by atoms with E-state index in [1.165, 1.54) is 16.2 Å². The molecule has 2 aromatic heterocycles. The third kappa shape index (κ3) is 10.4. The molecule has 384 valence electrons. The number of aromatic amines is 1. The van der Waals surface area contributed by atoms with Gasteiger partial charge >= 0.3 is 0 Å². The maximum Gasteiger partial charge on any atom is 0.246 e. The number of β-amino-alcohol motifs (C(OH)–C–C–N with tert-alkyl or cyclic N) is 1. The number of aliphatic hydroxyl groups excluding tert-OH is 1. The first-order valence-corrected chi connectivity index (χ1v) is 26.8. The fraction of sp³-hybridized carbons (Fsp3) is 0.491. The van der Waals surface area contributed by atoms with Gasteiger partial charge in [0.05, 0.1) is 39.4 Å². The van der Waals surface area contributed by atoms with E-state index in [4.69, 9.17) is 0 Å². The van der Waals surface area contributed by atoms with Crippen molar-refractivity contribution in [3.8, 4) is 16.5 Å². The normalized spacial score (nSPS) is 19.6. The van der Waals surface area contributed by atoms with Crippen molar-refractivity contribution in [2.24, 2.45) is 5.41 Å². The molecular formula is C57H69N9O6S. The Kier molecular flexibility index (Phi) is 14.7. The molecule has 16 heteroatoms. The van der Waals surface area contributed by atoms with Crippen molar-refractivity contribution in [2.45, 2.75) is 130 Å². The predicted molar refractivity (Wildman–Crippen MR) is 283 cm³/mol. The number of hydrogen-bond donors (Lipinski definition) is 4. The number of anilines is 1. The summed E-state index contributed by atoms with van der Waals surface area (Å²) in [5.74, 6) is -1.08. The maximum atomic E-state index is 14.2. The van der Waals surface area contributed by atoms with Gasteiger partial charge < -0.3 is 35.4 Å². The number of nitrogens with one attached hydrogen (secondary N) is 3. The van der Waals surface area contributed by atoms with Crippen LogP contribution in [0.15, 0.2) is 60.1 Å². The van der Waals surface area contributed by atoms with Crippen LogP contribution in [0, 0.1) is 23.7 Å². The average Bonchev–Trinajstić information content (AvgIpc) is 4.12. The molecule has 4 aliphatic rings. The first kappa shape index (κ1) is 51.5. The van der Waals surface area contributed by atoms with Crippen molar-refractivity contribution in [2.75, 3.05) is 50.7 Å². The number of H-pyrrole nitrogens is 1. The molecule has 15 nitrogen and oxygen atoms in total. The van der Waals surface area contributed by atoms with Crippen LogP contribution >= 0.6 is 11.3 Å². The lowest BCUT2D eigenvalue weighted by molar-refractivity contribution is -0.144. The number of hydrogen-bond acceptors (Lipinski definition) is 11. The summed E-state index contributed by atoms with van der Waals surface area (Å²) >= 11 is 1.58. The van der Waals surface area contributed by atoms with Crippen LogP contribution in [0.2, 0.25) is 0 Å². The van der Waals surface area contributed by atoms with E-state index in [1.54, 1.807) is 17.4 Å². The summed E-state index contributed by atoms with van der Waals surface area (Å²) in [5, 5.41) is 26.9. The smallest absolute Gasteiger partial charge is 0.246 e. The topological polar surface area (TPSA) is 195 Å². The van der Waals surface area contributed by atoms with E-state index < -0.39 is 34.9 Å². The highest BCUT2D eigenvalue weighted by Crippen LogP contribution is 2.46. The number of piperazine rings is 1. The van der Waals surface area contributed by atoms with E-state index in [9.17, 15) is 34.3 Å². The standard InChI is InChI=1S/C57H69N9O6S/c1-8-37-27-42-43(57(6,7)52-49(50(42)70)41-17-14-36(30-58)26-44(41)61-52)29-45(37)64-20-18-39(19-21-64)63-22-24-65(25-23-63)48(69)11-9-10-47(68)62-53(56(3,4)5)55(72)66-32-40(67)28-46(66)54(71)59-31-35-12-15-38(16-13-35)51-34(2)60-33-73-51/h12-17,26-27,29,33,39-40,46,53,61,67H,8-11,18-25,28,31-32H2,1-7H3,(H,59,71)(H,62,68)/t40-,46+,53-/m1/s1. The van der Waals surface area contributed by atoms with Gasteiger partial charge in [-0.2, -0.15) is 5.26 Å². The monoisotopic (exact) mass is 1010 g/mol. The molecule has 0 spiro atoms. The zero-order chi connectivity index (χ0) is 51.9. The van der Waals surface area contributed by atoms with Gasteiger partial charge in [-0.25, -0.2) is 4.98 Å². The second-order valence-electron chi connectivity index (χ2n) is 22.0. The number of rotatable bonds is 13. The molecule has 0 bridgehead atoms. The summed E-state index contributed by atoms with van der Waals surface area (Å²) in [5.41, 5.74) is 10.7. The van der Waals surface area contributed by atoms with Crippen molar-refractivity contribution >= 4 is 57.3 Å². The number of piperidine rings is 1. The van der Waals surface area contributed by atoms with E-state index in [2.05, 4.69) is 69.4 Å². The van der Waals surface area contributed by atoms with Crippen molar-refractivity contribution in [1.29, 1.82) is 5.26 Å². The van der Waals surface area contributed by atoms with Crippen molar-refractivity contribution in [3.63, 3.8) is 0 Å². The molecule has 4 amide bonds. The second-order valence-corrected chi connectivity index (χ2v) is 22.9. The van der Waals surface area contributed by atoms with E-state index in [-0.39, 0.29) is 55.9 Å². The molecule has 4 N–H and O–H groups in total. The third-order valence-corrected chi connectivity index (χ3v) is 16.8.